The Morgan fingerprint density at radius 3 is 2.46 bits per heavy atom. The van der Waals surface area contributed by atoms with Gasteiger partial charge in [-0.25, -0.2) is 0 Å². The number of carbonyl (C=O) groups excluding carboxylic acids is 2. The Morgan fingerprint density at radius 1 is 1.19 bits per heavy atom. The van der Waals surface area contributed by atoms with Crippen LogP contribution in [0.25, 0.3) is 0 Å². The van der Waals surface area contributed by atoms with Crippen LogP contribution in [-0.4, -0.2) is 29.8 Å². The van der Waals surface area contributed by atoms with Gasteiger partial charge in [0.2, 0.25) is 6.04 Å². The third kappa shape index (κ3) is 4.69. The molecule has 0 aliphatic carbocycles. The lowest BCUT2D eigenvalue weighted by atomic mass is 10.2. The summed E-state index contributed by atoms with van der Waals surface area (Å²) in [6.45, 7) is 1.22. The topological polar surface area (TPSA) is 123 Å². The first-order valence-electron chi connectivity index (χ1n) is 7.52. The molecule has 0 fully saturated rings. The molecule has 2 rings (SSSR count). The van der Waals surface area contributed by atoms with Crippen LogP contribution in [0.15, 0.2) is 58.8 Å². The lowest BCUT2D eigenvalue weighted by Crippen LogP contribution is -2.31. The maximum Gasteiger partial charge on any atom is 0.273 e. The number of hydrogen-bond donors (Lipinski definition) is 1. The molecule has 1 N–H and O–H groups in total. The zero-order valence-corrected chi connectivity index (χ0v) is 14.1. The highest BCUT2D eigenvalue weighted by atomic mass is 16.6. The van der Waals surface area contributed by atoms with Crippen LogP contribution in [0.1, 0.15) is 6.92 Å². The molecule has 26 heavy (non-hydrogen) atoms. The molecular formula is C17H16N4O5. The largest absolute Gasteiger partial charge is 0.494 e. The molecule has 9 heteroatoms. The van der Waals surface area contributed by atoms with Gasteiger partial charge in [0.15, 0.2) is 11.5 Å². The van der Waals surface area contributed by atoms with Gasteiger partial charge in [0, 0.05) is 11.8 Å². The third-order valence-corrected chi connectivity index (χ3v) is 3.33. The van der Waals surface area contributed by atoms with Crippen LogP contribution in [0.5, 0.6) is 5.75 Å². The van der Waals surface area contributed by atoms with Crippen LogP contribution in [0.2, 0.25) is 0 Å². The number of methoxy groups -OCH3 is 1. The molecule has 0 aromatic heterocycles. The van der Waals surface area contributed by atoms with E-state index in [1.54, 1.807) is 30.3 Å². The smallest absolute Gasteiger partial charge is 0.273 e. The number of carbonyl (C=O) groups is 2. The Balaban J connectivity index is 2.23. The summed E-state index contributed by atoms with van der Waals surface area (Å²) >= 11 is 0. The fraction of sp³-hybridized carbons (Fsp3) is 0.176. The van der Waals surface area contributed by atoms with Gasteiger partial charge in [0.05, 0.1) is 18.1 Å². The zero-order valence-electron chi connectivity index (χ0n) is 14.1. The fourth-order valence-corrected chi connectivity index (χ4v) is 2.03. The molecule has 0 saturated carbocycles. The summed E-state index contributed by atoms with van der Waals surface area (Å²) in [5, 5.41) is 21.0. The number of Topliss-reactive ketones (excluding diaryl/α,β-unsaturated/α-hetero) is 1. The number of nitrogens with one attached hydrogen (secondary N) is 1. The Bertz CT molecular complexity index is 851. The summed E-state index contributed by atoms with van der Waals surface area (Å²) in [4.78, 5) is 34.2. The molecule has 2 aromatic rings. The van der Waals surface area contributed by atoms with Gasteiger partial charge in [0.25, 0.3) is 11.6 Å². The third-order valence-electron chi connectivity index (χ3n) is 3.33. The molecule has 1 atom stereocenters. The first kappa shape index (κ1) is 18.7. The standard InChI is InChI=1S/C17H16N4O5/c1-11(22)16(17(23)18-12-6-4-3-5-7-12)20-19-14-9-8-13(21(24)25)10-15(14)26-2/h3-10,16H,1-2H3,(H,18,23). The predicted octanol–water partition coefficient (Wildman–Crippen LogP) is 3.28. The average Bonchev–Trinajstić information content (AvgIpc) is 2.62. The molecular weight excluding hydrogens is 340 g/mol. The van der Waals surface area contributed by atoms with E-state index in [0.29, 0.717) is 5.69 Å². The molecule has 1 unspecified atom stereocenters. The van der Waals surface area contributed by atoms with Gasteiger partial charge < -0.3 is 10.1 Å². The fourth-order valence-electron chi connectivity index (χ4n) is 2.03. The van der Waals surface area contributed by atoms with E-state index in [0.717, 1.165) is 0 Å². The molecule has 0 spiro atoms. The van der Waals surface area contributed by atoms with E-state index in [1.165, 1.54) is 32.2 Å². The maximum atomic E-state index is 12.3. The number of anilines is 1. The summed E-state index contributed by atoms with van der Waals surface area (Å²) in [6, 6.07) is 11.0. The van der Waals surface area contributed by atoms with E-state index in [-0.39, 0.29) is 17.1 Å². The number of non-ortho nitro benzene ring substituents is 1. The van der Waals surface area contributed by atoms with Crippen LogP contribution in [0.4, 0.5) is 17.1 Å². The quantitative estimate of drug-likeness (QED) is 0.353. The first-order valence-corrected chi connectivity index (χ1v) is 7.52. The van der Waals surface area contributed by atoms with Gasteiger partial charge >= 0.3 is 0 Å². The number of ketones is 1. The zero-order chi connectivity index (χ0) is 19.1. The Labute approximate surface area is 148 Å². The summed E-state index contributed by atoms with van der Waals surface area (Å²) in [5.74, 6) is -1.02. The SMILES string of the molecule is COc1cc([N+](=O)[O-])ccc1N=NC(C(C)=O)C(=O)Nc1ccccc1. The molecule has 0 saturated heterocycles. The number of nitro benzene ring substituents is 1. The summed E-state index contributed by atoms with van der Waals surface area (Å²) in [7, 11) is 1.32. The second-order valence-electron chi connectivity index (χ2n) is 5.20. The molecule has 0 aliphatic rings. The number of nitro groups is 1. The van der Waals surface area contributed by atoms with E-state index in [4.69, 9.17) is 4.74 Å². The highest BCUT2D eigenvalue weighted by Gasteiger charge is 2.23. The lowest BCUT2D eigenvalue weighted by Gasteiger charge is -2.09. The molecule has 0 bridgehead atoms. The number of amides is 1. The van der Waals surface area contributed by atoms with Crippen molar-refractivity contribution in [2.24, 2.45) is 10.2 Å². The second kappa shape index (κ2) is 8.47. The molecule has 9 nitrogen and oxygen atoms in total. The lowest BCUT2D eigenvalue weighted by molar-refractivity contribution is -0.384. The molecule has 0 aliphatic heterocycles. The van der Waals surface area contributed by atoms with Crippen molar-refractivity contribution >= 4 is 28.8 Å². The Morgan fingerprint density at radius 2 is 1.88 bits per heavy atom. The average molecular weight is 356 g/mol. The molecule has 134 valence electrons. The number of benzene rings is 2. The summed E-state index contributed by atoms with van der Waals surface area (Å²) in [5.41, 5.74) is 0.509. The number of para-hydroxylation sites is 1. The maximum absolute atomic E-state index is 12.3. The van der Waals surface area contributed by atoms with Crippen molar-refractivity contribution in [2.45, 2.75) is 13.0 Å². The number of nitrogens with zero attached hydrogens (tertiary/aromatic N) is 3. The van der Waals surface area contributed by atoms with Crippen molar-refractivity contribution in [3.8, 4) is 5.75 Å². The Hall–Kier alpha value is -3.62. The van der Waals surface area contributed by atoms with E-state index < -0.39 is 22.7 Å². The van der Waals surface area contributed by atoms with E-state index >= 15 is 0 Å². The van der Waals surface area contributed by atoms with Gasteiger partial charge in [-0.15, -0.1) is 0 Å². The molecule has 1 amide bonds. The summed E-state index contributed by atoms with van der Waals surface area (Å²) < 4.78 is 5.04. The van der Waals surface area contributed by atoms with Gasteiger partial charge in [-0.3, -0.25) is 19.7 Å². The van der Waals surface area contributed by atoms with E-state index in [1.807, 2.05) is 0 Å². The molecule has 0 radical (unpaired) electrons. The van der Waals surface area contributed by atoms with Crippen molar-refractivity contribution in [3.63, 3.8) is 0 Å². The number of ether oxygens (including phenoxy) is 1. The normalized spacial score (nSPS) is 11.8. The van der Waals surface area contributed by atoms with Gasteiger partial charge in [0.1, 0.15) is 5.69 Å². The van der Waals surface area contributed by atoms with Crippen molar-refractivity contribution < 1.29 is 19.2 Å². The number of azo groups is 1. The van der Waals surface area contributed by atoms with Gasteiger partial charge in [-0.05, 0) is 25.1 Å². The molecule has 0 heterocycles. The van der Waals surface area contributed by atoms with Crippen LogP contribution in [-0.2, 0) is 9.59 Å². The van der Waals surface area contributed by atoms with Crippen molar-refractivity contribution in [1.29, 1.82) is 0 Å². The van der Waals surface area contributed by atoms with Crippen LogP contribution in [0.3, 0.4) is 0 Å². The number of rotatable bonds is 7. The van der Waals surface area contributed by atoms with E-state index in [9.17, 15) is 19.7 Å². The minimum atomic E-state index is -1.35. The van der Waals surface area contributed by atoms with Crippen LogP contribution < -0.4 is 10.1 Å². The Kier molecular flexibility index (Phi) is 6.10. The highest BCUT2D eigenvalue weighted by Crippen LogP contribution is 2.31. The second-order valence-corrected chi connectivity index (χ2v) is 5.20. The van der Waals surface area contributed by atoms with Crippen molar-refractivity contribution in [1.82, 2.24) is 0 Å². The van der Waals surface area contributed by atoms with E-state index in [2.05, 4.69) is 15.5 Å². The van der Waals surface area contributed by atoms with Gasteiger partial charge in [-0.1, -0.05) is 18.2 Å². The predicted molar refractivity (Wildman–Crippen MR) is 93.7 cm³/mol. The number of hydrogen-bond acceptors (Lipinski definition) is 7. The van der Waals surface area contributed by atoms with Crippen molar-refractivity contribution in [2.75, 3.05) is 12.4 Å². The minimum absolute atomic E-state index is 0.105. The molecule has 2 aromatic carbocycles. The monoisotopic (exact) mass is 356 g/mol. The minimum Gasteiger partial charge on any atom is -0.494 e. The first-order chi connectivity index (χ1) is 12.4. The summed E-state index contributed by atoms with van der Waals surface area (Å²) in [6.07, 6.45) is 0. The van der Waals surface area contributed by atoms with Crippen molar-refractivity contribution in [3.05, 3.63) is 58.6 Å². The van der Waals surface area contributed by atoms with Crippen LogP contribution >= 0.6 is 0 Å². The van der Waals surface area contributed by atoms with Crippen LogP contribution in [0, 0.1) is 10.1 Å². The highest BCUT2D eigenvalue weighted by molar-refractivity contribution is 6.10. The van der Waals surface area contributed by atoms with Gasteiger partial charge in [-0.2, -0.15) is 10.2 Å².